The molecule has 0 aromatic heterocycles. The lowest BCUT2D eigenvalue weighted by molar-refractivity contribution is -0.130. The van der Waals surface area contributed by atoms with Gasteiger partial charge < -0.3 is 10.0 Å². The van der Waals surface area contributed by atoms with Crippen molar-refractivity contribution in [3.8, 4) is 0 Å². The van der Waals surface area contributed by atoms with Gasteiger partial charge in [0, 0.05) is 6.54 Å². The fourth-order valence-electron chi connectivity index (χ4n) is 1.69. The first-order chi connectivity index (χ1) is 5.70. The summed E-state index contributed by atoms with van der Waals surface area (Å²) in [6, 6.07) is 0.0182. The molecule has 2 atom stereocenters. The average molecular weight is 189 g/mol. The Morgan fingerprint density at radius 2 is 2.42 bits per heavy atom. The van der Waals surface area contributed by atoms with E-state index in [0.717, 1.165) is 13.0 Å². The topological polar surface area (TPSA) is 40.5 Å². The third-order valence-electron chi connectivity index (χ3n) is 2.53. The minimum absolute atomic E-state index is 0.0182. The molecule has 0 bridgehead atoms. The Morgan fingerprint density at radius 3 is 2.92 bits per heavy atom. The summed E-state index contributed by atoms with van der Waals surface area (Å²) in [6.45, 7) is 2.90. The van der Waals surface area contributed by atoms with Crippen LogP contribution in [0.2, 0.25) is 0 Å². The predicted molar refractivity (Wildman–Crippen MR) is 50.2 cm³/mol. The summed E-state index contributed by atoms with van der Waals surface area (Å²) in [5.41, 5.74) is 0. The van der Waals surface area contributed by atoms with Gasteiger partial charge in [-0.15, -0.1) is 0 Å². The predicted octanol–water partition coefficient (Wildman–Crippen LogP) is 0.145. The van der Waals surface area contributed by atoms with Gasteiger partial charge >= 0.3 is 0 Å². The standard InChI is InChI=1S/C8H15NO2S/c1-6-2-3-9(7(6)4-10)8(11)5-12/h6-7,10,12H,2-5H2,1H3. The van der Waals surface area contributed by atoms with E-state index in [1.165, 1.54) is 0 Å². The van der Waals surface area contributed by atoms with Gasteiger partial charge in [0.1, 0.15) is 0 Å². The molecule has 0 spiro atoms. The van der Waals surface area contributed by atoms with Crippen LogP contribution in [0.4, 0.5) is 0 Å². The molecular formula is C8H15NO2S. The number of aliphatic hydroxyl groups excluding tert-OH is 1. The van der Waals surface area contributed by atoms with E-state index in [4.69, 9.17) is 5.11 Å². The molecule has 3 nitrogen and oxygen atoms in total. The molecule has 12 heavy (non-hydrogen) atoms. The van der Waals surface area contributed by atoms with Gasteiger partial charge in [0.05, 0.1) is 18.4 Å². The second-order valence-electron chi connectivity index (χ2n) is 3.26. The number of hydrogen-bond acceptors (Lipinski definition) is 3. The number of carbonyl (C=O) groups excluding carboxylic acids is 1. The summed E-state index contributed by atoms with van der Waals surface area (Å²) in [5.74, 6) is 0.684. The SMILES string of the molecule is CC1CCN(C(=O)CS)C1CO. The van der Waals surface area contributed by atoms with Crippen LogP contribution in [0.5, 0.6) is 0 Å². The smallest absolute Gasteiger partial charge is 0.232 e. The van der Waals surface area contributed by atoms with E-state index in [9.17, 15) is 4.79 Å². The zero-order chi connectivity index (χ0) is 9.14. The Kier molecular flexibility index (Phi) is 3.40. The number of thiol groups is 1. The highest BCUT2D eigenvalue weighted by atomic mass is 32.1. The van der Waals surface area contributed by atoms with Crippen LogP contribution in [0, 0.1) is 5.92 Å². The fourth-order valence-corrected chi connectivity index (χ4v) is 1.87. The van der Waals surface area contributed by atoms with Crippen molar-refractivity contribution < 1.29 is 9.90 Å². The lowest BCUT2D eigenvalue weighted by Crippen LogP contribution is -2.40. The normalized spacial score (nSPS) is 29.4. The quantitative estimate of drug-likeness (QED) is 0.607. The highest BCUT2D eigenvalue weighted by Crippen LogP contribution is 2.23. The summed E-state index contributed by atoms with van der Waals surface area (Å²) in [6.07, 6.45) is 0.991. The third kappa shape index (κ3) is 1.75. The molecular weight excluding hydrogens is 174 g/mol. The average Bonchev–Trinajstić information content (AvgIpc) is 2.45. The molecule has 1 fully saturated rings. The van der Waals surface area contributed by atoms with Crippen molar-refractivity contribution in [1.29, 1.82) is 0 Å². The molecule has 2 unspecified atom stereocenters. The van der Waals surface area contributed by atoms with Crippen LogP contribution in [0.1, 0.15) is 13.3 Å². The van der Waals surface area contributed by atoms with Gasteiger partial charge in [0.25, 0.3) is 0 Å². The number of rotatable bonds is 2. The van der Waals surface area contributed by atoms with Crippen LogP contribution in [0.3, 0.4) is 0 Å². The van der Waals surface area contributed by atoms with Gasteiger partial charge in [-0.3, -0.25) is 4.79 Å². The van der Waals surface area contributed by atoms with Crippen LogP contribution in [0.25, 0.3) is 0 Å². The molecule has 1 saturated heterocycles. The van der Waals surface area contributed by atoms with Crippen molar-refractivity contribution in [2.45, 2.75) is 19.4 Å². The van der Waals surface area contributed by atoms with Crippen LogP contribution in [0.15, 0.2) is 0 Å². The molecule has 0 aliphatic carbocycles. The Morgan fingerprint density at radius 1 is 1.75 bits per heavy atom. The number of carbonyl (C=O) groups is 1. The van der Waals surface area contributed by atoms with E-state index in [1.807, 2.05) is 0 Å². The molecule has 1 heterocycles. The Labute approximate surface area is 78.2 Å². The molecule has 0 radical (unpaired) electrons. The Balaban J connectivity index is 2.60. The van der Waals surface area contributed by atoms with Gasteiger partial charge in [-0.1, -0.05) is 6.92 Å². The van der Waals surface area contributed by atoms with Crippen molar-refractivity contribution in [2.75, 3.05) is 18.9 Å². The maximum atomic E-state index is 11.3. The number of nitrogens with zero attached hydrogens (tertiary/aromatic N) is 1. The second kappa shape index (κ2) is 4.14. The molecule has 0 saturated carbocycles. The van der Waals surface area contributed by atoms with Crippen molar-refractivity contribution in [2.24, 2.45) is 5.92 Å². The maximum Gasteiger partial charge on any atom is 0.232 e. The van der Waals surface area contributed by atoms with Crippen molar-refractivity contribution in [1.82, 2.24) is 4.90 Å². The van der Waals surface area contributed by atoms with Crippen LogP contribution >= 0.6 is 12.6 Å². The summed E-state index contributed by atoms with van der Waals surface area (Å²) >= 11 is 3.93. The monoisotopic (exact) mass is 189 g/mol. The molecule has 1 N–H and O–H groups in total. The Hall–Kier alpha value is -0.220. The first-order valence-electron chi connectivity index (χ1n) is 4.22. The highest BCUT2D eigenvalue weighted by molar-refractivity contribution is 7.81. The molecule has 0 aromatic carbocycles. The number of likely N-dealkylation sites (tertiary alicyclic amines) is 1. The van der Waals surface area contributed by atoms with E-state index in [2.05, 4.69) is 19.6 Å². The lowest BCUT2D eigenvalue weighted by atomic mass is 10.0. The van der Waals surface area contributed by atoms with Crippen LogP contribution in [-0.4, -0.2) is 40.9 Å². The zero-order valence-electron chi connectivity index (χ0n) is 7.23. The van der Waals surface area contributed by atoms with Gasteiger partial charge in [-0.25, -0.2) is 0 Å². The van der Waals surface area contributed by atoms with Gasteiger partial charge in [-0.05, 0) is 12.3 Å². The van der Waals surface area contributed by atoms with E-state index in [1.54, 1.807) is 4.90 Å². The first-order valence-corrected chi connectivity index (χ1v) is 4.85. The number of amides is 1. The Bertz CT molecular complexity index is 174. The summed E-state index contributed by atoms with van der Waals surface area (Å²) in [5, 5.41) is 9.03. The third-order valence-corrected chi connectivity index (χ3v) is 2.80. The summed E-state index contributed by atoms with van der Waals surface area (Å²) in [4.78, 5) is 13.0. The van der Waals surface area contributed by atoms with Crippen molar-refractivity contribution in [3.05, 3.63) is 0 Å². The van der Waals surface area contributed by atoms with Gasteiger partial charge in [-0.2, -0.15) is 12.6 Å². The van der Waals surface area contributed by atoms with E-state index in [-0.39, 0.29) is 24.3 Å². The molecule has 0 aromatic rings. The number of hydrogen-bond donors (Lipinski definition) is 2. The van der Waals surface area contributed by atoms with Crippen molar-refractivity contribution in [3.63, 3.8) is 0 Å². The maximum absolute atomic E-state index is 11.3. The van der Waals surface area contributed by atoms with E-state index < -0.39 is 0 Å². The van der Waals surface area contributed by atoms with Crippen LogP contribution < -0.4 is 0 Å². The highest BCUT2D eigenvalue weighted by Gasteiger charge is 2.32. The van der Waals surface area contributed by atoms with Crippen LogP contribution in [-0.2, 0) is 4.79 Å². The van der Waals surface area contributed by atoms with Gasteiger partial charge in [0.15, 0.2) is 0 Å². The number of aliphatic hydroxyl groups is 1. The molecule has 1 aliphatic heterocycles. The fraction of sp³-hybridized carbons (Fsp3) is 0.875. The van der Waals surface area contributed by atoms with E-state index >= 15 is 0 Å². The first kappa shape index (κ1) is 9.86. The lowest BCUT2D eigenvalue weighted by Gasteiger charge is -2.24. The second-order valence-corrected chi connectivity index (χ2v) is 3.58. The molecule has 4 heteroatoms. The minimum atomic E-state index is 0.0182. The molecule has 1 amide bonds. The van der Waals surface area contributed by atoms with Crippen molar-refractivity contribution >= 4 is 18.5 Å². The largest absolute Gasteiger partial charge is 0.394 e. The van der Waals surface area contributed by atoms with Gasteiger partial charge in [0.2, 0.25) is 5.91 Å². The zero-order valence-corrected chi connectivity index (χ0v) is 8.13. The minimum Gasteiger partial charge on any atom is -0.394 e. The molecule has 70 valence electrons. The molecule has 1 aliphatic rings. The van der Waals surface area contributed by atoms with E-state index in [0.29, 0.717) is 5.92 Å². The molecule has 1 rings (SSSR count). The summed E-state index contributed by atoms with van der Waals surface area (Å²) in [7, 11) is 0. The summed E-state index contributed by atoms with van der Waals surface area (Å²) < 4.78 is 0.